The number of epoxide rings is 1. The van der Waals surface area contributed by atoms with Crippen LogP contribution in [0.15, 0.2) is 47.3 Å². The summed E-state index contributed by atoms with van der Waals surface area (Å²) in [6, 6.07) is 0. The minimum atomic E-state index is -0.797. The molecule has 0 saturated carbocycles. The summed E-state index contributed by atoms with van der Waals surface area (Å²) in [7, 11) is 0. The molecule has 7 nitrogen and oxygen atoms in total. The number of amides is 1. The molecule has 1 amide bonds. The zero-order valence-electron chi connectivity index (χ0n) is 17.1. The van der Waals surface area contributed by atoms with Gasteiger partial charge in [-0.2, -0.15) is 0 Å². The van der Waals surface area contributed by atoms with Crippen molar-refractivity contribution in [2.45, 2.75) is 51.3 Å². The van der Waals surface area contributed by atoms with Gasteiger partial charge in [-0.25, -0.2) is 0 Å². The van der Waals surface area contributed by atoms with Crippen molar-refractivity contribution in [3.05, 3.63) is 47.3 Å². The van der Waals surface area contributed by atoms with Gasteiger partial charge in [0.2, 0.25) is 5.79 Å². The van der Waals surface area contributed by atoms with Crippen LogP contribution in [-0.2, 0) is 23.8 Å². The van der Waals surface area contributed by atoms with Gasteiger partial charge in [0.1, 0.15) is 11.3 Å². The summed E-state index contributed by atoms with van der Waals surface area (Å²) in [5.74, 6) is -1.82. The Hall–Kier alpha value is -2.22. The van der Waals surface area contributed by atoms with Gasteiger partial charge in [-0.05, 0) is 26.0 Å². The van der Waals surface area contributed by atoms with Crippen LogP contribution < -0.4 is 5.32 Å². The Morgan fingerprint density at radius 3 is 2.69 bits per heavy atom. The molecule has 0 aromatic rings. The maximum Gasteiger partial charge on any atom is 0.259 e. The Bertz CT molecular complexity index is 847. The van der Waals surface area contributed by atoms with Crippen LogP contribution in [0.25, 0.3) is 0 Å². The molecule has 3 unspecified atom stereocenters. The molecule has 2 N–H and O–H groups in total. The van der Waals surface area contributed by atoms with E-state index in [0.29, 0.717) is 6.61 Å². The fourth-order valence-corrected chi connectivity index (χ4v) is 4.37. The fourth-order valence-electron chi connectivity index (χ4n) is 4.37. The van der Waals surface area contributed by atoms with Gasteiger partial charge in [0, 0.05) is 11.8 Å². The molecule has 7 heteroatoms. The van der Waals surface area contributed by atoms with E-state index in [4.69, 9.17) is 14.2 Å². The highest BCUT2D eigenvalue weighted by Gasteiger charge is 2.65. The molecule has 4 heterocycles. The Balaban J connectivity index is 1.49. The van der Waals surface area contributed by atoms with Crippen LogP contribution >= 0.6 is 0 Å². The summed E-state index contributed by atoms with van der Waals surface area (Å²) in [5, 5.41) is 12.5. The third kappa shape index (κ3) is 3.37. The Morgan fingerprint density at radius 2 is 2.07 bits per heavy atom. The highest BCUT2D eigenvalue weighted by molar-refractivity contribution is 6.25. The lowest BCUT2D eigenvalue weighted by Gasteiger charge is -2.51. The number of fused-ring (bicyclic) bond motifs is 3. The monoisotopic (exact) mass is 401 g/mol. The highest BCUT2D eigenvalue weighted by atomic mass is 16.8. The second-order valence-electron chi connectivity index (χ2n) is 8.48. The molecule has 2 bridgehead atoms. The molecule has 3 saturated heterocycles. The van der Waals surface area contributed by atoms with E-state index in [-0.39, 0.29) is 41.9 Å². The summed E-state index contributed by atoms with van der Waals surface area (Å²) in [5.41, 5.74) is 0.221. The molecule has 29 heavy (non-hydrogen) atoms. The number of rotatable bonds is 4. The van der Waals surface area contributed by atoms with Gasteiger partial charge in [-0.3, -0.25) is 9.59 Å². The standard InChI is InChI=1S/C22H27NO6/c1-12(5-6-15(24)18-16(25)10-23-20(18)26)9-13(2)19-14(3)17-7-8-22(11-27-22)21(4,28-17)29-19/h5-9,13-14,17,19,24H,10-11H2,1-4H3,(H,23,26)/b6-5+,12-9+,18-15-/t13-,14+,17?,19?,21-,22?/m1/s1. The van der Waals surface area contributed by atoms with Crippen LogP contribution in [-0.4, -0.2) is 53.5 Å². The molecular weight excluding hydrogens is 374 g/mol. The van der Waals surface area contributed by atoms with Gasteiger partial charge in [-0.15, -0.1) is 0 Å². The quantitative estimate of drug-likeness (QED) is 0.187. The van der Waals surface area contributed by atoms with Crippen LogP contribution in [0.5, 0.6) is 0 Å². The van der Waals surface area contributed by atoms with Gasteiger partial charge in [-0.1, -0.05) is 37.6 Å². The number of nitrogens with one attached hydrogen (secondary N) is 1. The molecule has 4 aliphatic heterocycles. The Labute approximate surface area is 170 Å². The molecule has 0 aliphatic carbocycles. The van der Waals surface area contributed by atoms with E-state index in [1.54, 1.807) is 6.08 Å². The molecule has 6 atom stereocenters. The zero-order chi connectivity index (χ0) is 21.0. The lowest BCUT2D eigenvalue weighted by molar-refractivity contribution is -0.346. The van der Waals surface area contributed by atoms with Crippen molar-refractivity contribution < 1.29 is 28.9 Å². The number of hydrogen-bond donors (Lipinski definition) is 2. The molecule has 0 aromatic heterocycles. The maximum atomic E-state index is 11.7. The van der Waals surface area contributed by atoms with Crippen LogP contribution in [0.2, 0.25) is 0 Å². The molecule has 4 aliphatic rings. The summed E-state index contributed by atoms with van der Waals surface area (Å²) in [6.45, 7) is 8.56. The van der Waals surface area contributed by atoms with Gasteiger partial charge in [0.05, 0.1) is 25.4 Å². The zero-order valence-corrected chi connectivity index (χ0v) is 17.1. The van der Waals surface area contributed by atoms with E-state index in [1.165, 1.54) is 6.08 Å². The van der Waals surface area contributed by atoms with E-state index >= 15 is 0 Å². The van der Waals surface area contributed by atoms with Gasteiger partial charge < -0.3 is 24.6 Å². The number of aliphatic hydroxyl groups is 1. The lowest BCUT2D eigenvalue weighted by atomic mass is 9.82. The summed E-state index contributed by atoms with van der Waals surface area (Å²) >= 11 is 0. The van der Waals surface area contributed by atoms with Crippen molar-refractivity contribution in [1.29, 1.82) is 0 Å². The van der Waals surface area contributed by atoms with Crippen LogP contribution in [0.1, 0.15) is 27.7 Å². The number of allylic oxidation sites excluding steroid dienone is 3. The van der Waals surface area contributed by atoms with Crippen molar-refractivity contribution in [3.8, 4) is 0 Å². The van der Waals surface area contributed by atoms with Crippen LogP contribution in [0, 0.1) is 11.8 Å². The lowest BCUT2D eigenvalue weighted by Crippen LogP contribution is -2.61. The SMILES string of the molecule is CC(/C=C/C(O)=C1\C(=O)CNC1=O)=C\[C@@H](C)C1O[C@@]2(C)OC(C=CC23CO3)[C@@H]1C. The largest absolute Gasteiger partial charge is 0.507 e. The number of aliphatic hydroxyl groups excluding tert-OH is 1. The maximum absolute atomic E-state index is 11.7. The van der Waals surface area contributed by atoms with E-state index in [2.05, 4.69) is 37.4 Å². The first-order valence-electron chi connectivity index (χ1n) is 9.96. The Morgan fingerprint density at radius 1 is 1.34 bits per heavy atom. The van der Waals surface area contributed by atoms with Gasteiger partial charge in [0.15, 0.2) is 11.4 Å². The molecule has 0 aromatic carbocycles. The predicted octanol–water partition coefficient (Wildman–Crippen LogP) is 2.11. The molecule has 3 fully saturated rings. The van der Waals surface area contributed by atoms with E-state index in [0.717, 1.165) is 5.57 Å². The normalized spacial score (nSPS) is 41.8. The first-order valence-corrected chi connectivity index (χ1v) is 9.96. The number of hydrogen-bond acceptors (Lipinski definition) is 6. The smallest absolute Gasteiger partial charge is 0.259 e. The summed E-state index contributed by atoms with van der Waals surface area (Å²) in [6.07, 6.45) is 9.18. The number of ketones is 1. The second-order valence-corrected chi connectivity index (χ2v) is 8.48. The van der Waals surface area contributed by atoms with Crippen LogP contribution in [0.3, 0.4) is 0 Å². The number of ether oxygens (including phenoxy) is 3. The van der Waals surface area contributed by atoms with Crippen molar-refractivity contribution in [2.24, 2.45) is 11.8 Å². The van der Waals surface area contributed by atoms with Gasteiger partial charge in [0.25, 0.3) is 5.91 Å². The van der Waals surface area contributed by atoms with E-state index in [9.17, 15) is 14.7 Å². The summed E-state index contributed by atoms with van der Waals surface area (Å²) < 4.78 is 18.2. The topological polar surface area (TPSA) is 97.4 Å². The Kier molecular flexibility index (Phi) is 4.80. The summed E-state index contributed by atoms with van der Waals surface area (Å²) in [4.78, 5) is 23.3. The van der Waals surface area contributed by atoms with E-state index in [1.807, 2.05) is 13.8 Å². The highest BCUT2D eigenvalue weighted by Crippen LogP contribution is 2.51. The second kappa shape index (κ2) is 6.93. The van der Waals surface area contributed by atoms with Crippen molar-refractivity contribution in [1.82, 2.24) is 5.32 Å². The number of carbonyl (C=O) groups is 2. The van der Waals surface area contributed by atoms with Crippen LogP contribution in [0.4, 0.5) is 0 Å². The molecule has 156 valence electrons. The molecule has 0 radical (unpaired) electrons. The third-order valence-corrected chi connectivity index (χ3v) is 6.26. The average Bonchev–Trinajstić information content (AvgIpc) is 3.39. The van der Waals surface area contributed by atoms with E-state index < -0.39 is 23.1 Å². The third-order valence-electron chi connectivity index (χ3n) is 6.26. The first-order chi connectivity index (χ1) is 13.7. The van der Waals surface area contributed by atoms with Crippen molar-refractivity contribution >= 4 is 11.7 Å². The minimum absolute atomic E-state index is 0.0269. The first kappa shape index (κ1) is 20.1. The predicted molar refractivity (Wildman–Crippen MR) is 105 cm³/mol. The van der Waals surface area contributed by atoms with Crippen molar-refractivity contribution in [2.75, 3.05) is 13.2 Å². The average molecular weight is 401 g/mol. The fraction of sp³-hybridized carbons (Fsp3) is 0.545. The number of carbonyl (C=O) groups excluding carboxylic acids is 2. The molecular formula is C22H27NO6. The number of Topliss-reactive ketones (excluding diaryl/α,β-unsaturated/α-hetero) is 1. The molecule has 1 spiro atoms. The van der Waals surface area contributed by atoms with Gasteiger partial charge >= 0.3 is 0 Å². The van der Waals surface area contributed by atoms with Crippen molar-refractivity contribution in [3.63, 3.8) is 0 Å². The minimum Gasteiger partial charge on any atom is -0.507 e. The molecule has 4 rings (SSSR count).